The van der Waals surface area contributed by atoms with Crippen molar-refractivity contribution in [3.8, 4) is 6.07 Å². The van der Waals surface area contributed by atoms with Crippen LogP contribution in [-0.4, -0.2) is 24.5 Å². The molecule has 0 unspecified atom stereocenters. The molecule has 0 spiro atoms. The van der Waals surface area contributed by atoms with Gasteiger partial charge >= 0.3 is 6.03 Å². The van der Waals surface area contributed by atoms with Crippen LogP contribution in [0, 0.1) is 11.3 Å². The number of urea groups is 1. The number of amides is 2. The van der Waals surface area contributed by atoms with E-state index in [9.17, 15) is 4.79 Å². The van der Waals surface area contributed by atoms with Crippen LogP contribution < -0.4 is 5.32 Å². The van der Waals surface area contributed by atoms with Gasteiger partial charge in [-0.05, 0) is 30.2 Å². The highest BCUT2D eigenvalue weighted by molar-refractivity contribution is 5.90. The van der Waals surface area contributed by atoms with Gasteiger partial charge in [0.1, 0.15) is 0 Å². The molecule has 1 aromatic carbocycles. The van der Waals surface area contributed by atoms with Gasteiger partial charge in [-0.25, -0.2) is 4.79 Å². The minimum atomic E-state index is -0.0987. The highest BCUT2D eigenvalue weighted by Crippen LogP contribution is 2.21. The van der Waals surface area contributed by atoms with Crippen molar-refractivity contribution in [3.63, 3.8) is 0 Å². The maximum Gasteiger partial charge on any atom is 0.321 e. The molecule has 1 N–H and O–H groups in total. The molecule has 4 nitrogen and oxygen atoms in total. The van der Waals surface area contributed by atoms with Gasteiger partial charge in [0.05, 0.1) is 11.6 Å². The van der Waals surface area contributed by atoms with Crippen molar-refractivity contribution >= 4 is 11.7 Å². The van der Waals surface area contributed by atoms with E-state index in [0.717, 1.165) is 17.7 Å². The fourth-order valence-corrected chi connectivity index (χ4v) is 1.59. The second kappa shape index (κ2) is 3.62. The summed E-state index contributed by atoms with van der Waals surface area (Å²) in [5, 5.41) is 11.6. The van der Waals surface area contributed by atoms with Gasteiger partial charge in [0.25, 0.3) is 0 Å². The molecule has 0 fully saturated rings. The summed E-state index contributed by atoms with van der Waals surface area (Å²) in [6, 6.07) is 7.32. The highest BCUT2D eigenvalue weighted by Gasteiger charge is 2.16. The number of hydrogen-bond acceptors (Lipinski definition) is 2. The number of nitrogens with one attached hydrogen (secondary N) is 1. The predicted molar refractivity (Wildman–Crippen MR) is 56.5 cm³/mol. The number of nitriles is 1. The van der Waals surface area contributed by atoms with E-state index in [2.05, 4.69) is 11.4 Å². The Labute approximate surface area is 88.1 Å². The van der Waals surface area contributed by atoms with Crippen LogP contribution in [-0.2, 0) is 6.42 Å². The van der Waals surface area contributed by atoms with Crippen molar-refractivity contribution in [2.75, 3.05) is 18.9 Å². The number of carbonyl (C=O) groups is 1. The van der Waals surface area contributed by atoms with Crippen LogP contribution in [0.15, 0.2) is 18.2 Å². The number of anilines is 1. The number of hydrogen-bond donors (Lipinski definition) is 1. The molecule has 0 atom stereocenters. The van der Waals surface area contributed by atoms with E-state index in [1.54, 1.807) is 24.1 Å². The standard InChI is InChI=1S/C11H11N3O/c1-14-5-4-9-6-8(7-12)2-3-10(9)13-11(14)15/h2-3,6H,4-5H2,1H3,(H,13,15). The molecule has 0 aliphatic carbocycles. The predicted octanol–water partition coefficient (Wildman–Crippen LogP) is 1.58. The molecule has 15 heavy (non-hydrogen) atoms. The van der Waals surface area contributed by atoms with Crippen LogP contribution in [0.25, 0.3) is 0 Å². The fraction of sp³-hybridized carbons (Fsp3) is 0.273. The summed E-state index contributed by atoms with van der Waals surface area (Å²) in [5.41, 5.74) is 2.46. The normalized spacial score (nSPS) is 14.9. The molecule has 0 saturated heterocycles. The Kier molecular flexibility index (Phi) is 2.30. The number of carbonyl (C=O) groups excluding carboxylic acids is 1. The summed E-state index contributed by atoms with van der Waals surface area (Å²) in [5.74, 6) is 0. The molecule has 0 bridgehead atoms. The van der Waals surface area contributed by atoms with Gasteiger partial charge in [-0.2, -0.15) is 5.26 Å². The molecule has 1 heterocycles. The van der Waals surface area contributed by atoms with E-state index in [0.29, 0.717) is 12.1 Å². The molecule has 76 valence electrons. The lowest BCUT2D eigenvalue weighted by Gasteiger charge is -2.12. The zero-order valence-electron chi connectivity index (χ0n) is 8.45. The van der Waals surface area contributed by atoms with Gasteiger partial charge < -0.3 is 10.2 Å². The number of rotatable bonds is 0. The first-order valence-electron chi connectivity index (χ1n) is 4.76. The first kappa shape index (κ1) is 9.53. The topological polar surface area (TPSA) is 56.1 Å². The lowest BCUT2D eigenvalue weighted by atomic mass is 10.1. The van der Waals surface area contributed by atoms with E-state index in [1.807, 2.05) is 6.07 Å². The smallest absolute Gasteiger partial charge is 0.321 e. The molecule has 0 radical (unpaired) electrons. The average molecular weight is 201 g/mol. The van der Waals surface area contributed by atoms with Gasteiger partial charge in [-0.3, -0.25) is 0 Å². The molecule has 0 aromatic heterocycles. The Hall–Kier alpha value is -2.02. The Balaban J connectivity index is 2.39. The Bertz CT molecular complexity index is 448. The van der Waals surface area contributed by atoms with Crippen LogP contribution in [0.1, 0.15) is 11.1 Å². The lowest BCUT2D eigenvalue weighted by molar-refractivity contribution is 0.224. The molecule has 1 aliphatic rings. The quantitative estimate of drug-likeness (QED) is 0.692. The van der Waals surface area contributed by atoms with Crippen molar-refractivity contribution < 1.29 is 4.79 Å². The van der Waals surface area contributed by atoms with Crippen molar-refractivity contribution in [2.24, 2.45) is 0 Å². The summed E-state index contributed by atoms with van der Waals surface area (Å²) < 4.78 is 0. The first-order chi connectivity index (χ1) is 7.20. The monoisotopic (exact) mass is 201 g/mol. The lowest BCUT2D eigenvalue weighted by Crippen LogP contribution is -2.30. The largest absolute Gasteiger partial charge is 0.327 e. The fourth-order valence-electron chi connectivity index (χ4n) is 1.59. The third-order valence-corrected chi connectivity index (χ3v) is 2.54. The molecule has 1 aromatic rings. The number of likely N-dealkylation sites (N-methyl/N-ethyl adjacent to an activating group) is 1. The second-order valence-electron chi connectivity index (χ2n) is 3.59. The Morgan fingerprint density at radius 3 is 3.07 bits per heavy atom. The van der Waals surface area contributed by atoms with Gasteiger partial charge in [0.15, 0.2) is 0 Å². The second-order valence-corrected chi connectivity index (χ2v) is 3.59. The van der Waals surface area contributed by atoms with Crippen molar-refractivity contribution in [1.82, 2.24) is 4.90 Å². The molecule has 4 heteroatoms. The van der Waals surface area contributed by atoms with Crippen LogP contribution in [0.5, 0.6) is 0 Å². The minimum Gasteiger partial charge on any atom is -0.327 e. The van der Waals surface area contributed by atoms with Crippen LogP contribution in [0.3, 0.4) is 0 Å². The third kappa shape index (κ3) is 1.77. The van der Waals surface area contributed by atoms with Crippen LogP contribution in [0.2, 0.25) is 0 Å². The van der Waals surface area contributed by atoms with Gasteiger partial charge in [-0.1, -0.05) is 0 Å². The zero-order valence-corrected chi connectivity index (χ0v) is 8.45. The number of nitrogens with zero attached hydrogens (tertiary/aromatic N) is 2. The summed E-state index contributed by atoms with van der Waals surface area (Å²) >= 11 is 0. The number of benzene rings is 1. The number of fused-ring (bicyclic) bond motifs is 1. The van der Waals surface area contributed by atoms with E-state index in [1.165, 1.54) is 0 Å². The van der Waals surface area contributed by atoms with Crippen molar-refractivity contribution in [1.29, 1.82) is 5.26 Å². The summed E-state index contributed by atoms with van der Waals surface area (Å²) in [6.07, 6.45) is 0.778. The van der Waals surface area contributed by atoms with Crippen molar-refractivity contribution in [2.45, 2.75) is 6.42 Å². The Morgan fingerprint density at radius 2 is 2.33 bits per heavy atom. The molecule has 1 aliphatic heterocycles. The molecule has 0 saturated carbocycles. The Morgan fingerprint density at radius 1 is 1.53 bits per heavy atom. The molecular weight excluding hydrogens is 190 g/mol. The van der Waals surface area contributed by atoms with Gasteiger partial charge in [-0.15, -0.1) is 0 Å². The van der Waals surface area contributed by atoms with E-state index in [-0.39, 0.29) is 6.03 Å². The maximum absolute atomic E-state index is 11.5. The van der Waals surface area contributed by atoms with E-state index < -0.39 is 0 Å². The third-order valence-electron chi connectivity index (χ3n) is 2.54. The summed E-state index contributed by atoms with van der Waals surface area (Å²) in [6.45, 7) is 0.674. The first-order valence-corrected chi connectivity index (χ1v) is 4.76. The summed E-state index contributed by atoms with van der Waals surface area (Å²) in [4.78, 5) is 13.1. The molecule has 2 rings (SSSR count). The molecular formula is C11H11N3O. The van der Waals surface area contributed by atoms with Gasteiger partial charge in [0, 0.05) is 19.3 Å². The average Bonchev–Trinajstić information content (AvgIpc) is 2.39. The highest BCUT2D eigenvalue weighted by atomic mass is 16.2. The minimum absolute atomic E-state index is 0.0987. The van der Waals surface area contributed by atoms with E-state index >= 15 is 0 Å². The van der Waals surface area contributed by atoms with E-state index in [4.69, 9.17) is 5.26 Å². The van der Waals surface area contributed by atoms with Crippen LogP contribution >= 0.6 is 0 Å². The SMILES string of the molecule is CN1CCc2cc(C#N)ccc2NC1=O. The van der Waals surface area contributed by atoms with Crippen molar-refractivity contribution in [3.05, 3.63) is 29.3 Å². The summed E-state index contributed by atoms with van der Waals surface area (Å²) in [7, 11) is 1.76. The molecule has 2 amide bonds. The van der Waals surface area contributed by atoms with Crippen LogP contribution in [0.4, 0.5) is 10.5 Å². The maximum atomic E-state index is 11.5. The van der Waals surface area contributed by atoms with Gasteiger partial charge in [0.2, 0.25) is 0 Å². The zero-order chi connectivity index (χ0) is 10.8.